The molecule has 0 saturated heterocycles. The highest BCUT2D eigenvalue weighted by Crippen LogP contribution is 2.24. The molecule has 0 spiro atoms. The normalized spacial score (nSPS) is 11.0. The molecule has 4 aromatic rings. The molecule has 0 atom stereocenters. The number of benzene rings is 4. The molecule has 0 bridgehead atoms. The Hall–Kier alpha value is -4.93. The number of nitrogens with two attached hydrogens (primary N) is 1. The van der Waals surface area contributed by atoms with Crippen molar-refractivity contribution in [1.82, 2.24) is 5.32 Å². The molecule has 0 aliphatic rings. The van der Waals surface area contributed by atoms with Gasteiger partial charge < -0.3 is 21.7 Å². The lowest BCUT2D eigenvalue weighted by Gasteiger charge is -2.12. The molecule has 0 aromatic heterocycles. The van der Waals surface area contributed by atoms with Crippen LogP contribution in [-0.2, 0) is 9.59 Å². The van der Waals surface area contributed by atoms with Crippen molar-refractivity contribution in [2.75, 3.05) is 16.4 Å². The molecule has 5 N–H and O–H groups in total. The van der Waals surface area contributed by atoms with E-state index in [0.29, 0.717) is 22.5 Å². The van der Waals surface area contributed by atoms with Gasteiger partial charge in [0.15, 0.2) is 0 Å². The zero-order valence-electron chi connectivity index (χ0n) is 21.9. The number of halogens is 2. The van der Waals surface area contributed by atoms with Crippen LogP contribution in [0.5, 0.6) is 0 Å². The zero-order valence-corrected chi connectivity index (χ0v) is 23.5. The third-order valence-electron chi connectivity index (χ3n) is 5.75. The fourth-order valence-corrected chi connectivity index (χ4v) is 4.55. The maximum atomic E-state index is 14.5. The molecule has 11 heteroatoms. The van der Waals surface area contributed by atoms with Crippen LogP contribution in [0.1, 0.15) is 26.3 Å². The highest BCUT2D eigenvalue weighted by molar-refractivity contribution is 8.00. The Bertz CT molecular complexity index is 1630. The summed E-state index contributed by atoms with van der Waals surface area (Å²) in [7, 11) is 0. The molecule has 0 aliphatic carbocycles. The van der Waals surface area contributed by atoms with E-state index in [1.54, 1.807) is 66.7 Å². The summed E-state index contributed by atoms with van der Waals surface area (Å²) in [6, 6.07) is 25.3. The van der Waals surface area contributed by atoms with Crippen LogP contribution >= 0.6 is 23.4 Å². The van der Waals surface area contributed by atoms with Gasteiger partial charge in [0.2, 0.25) is 11.8 Å². The number of carbonyl (C=O) groups excluding carboxylic acids is 4. The Morgan fingerprint density at radius 1 is 0.786 bits per heavy atom. The van der Waals surface area contributed by atoms with Gasteiger partial charge in [-0.3, -0.25) is 19.2 Å². The van der Waals surface area contributed by atoms with Gasteiger partial charge in [-0.2, -0.15) is 0 Å². The number of thioether (sulfide) groups is 1. The van der Waals surface area contributed by atoms with E-state index in [1.807, 2.05) is 0 Å². The number of hydrogen-bond donors (Lipinski definition) is 4. The van der Waals surface area contributed by atoms with Gasteiger partial charge in [0.05, 0.1) is 10.8 Å². The molecule has 0 radical (unpaired) electrons. The number of rotatable bonds is 10. The number of carbonyl (C=O) groups is 4. The largest absolute Gasteiger partial charge is 0.366 e. The van der Waals surface area contributed by atoms with Gasteiger partial charge in [0.25, 0.3) is 11.8 Å². The average molecular weight is 603 g/mol. The molecule has 8 nitrogen and oxygen atoms in total. The molecular weight excluding hydrogens is 579 g/mol. The van der Waals surface area contributed by atoms with Crippen molar-refractivity contribution in [3.05, 3.63) is 130 Å². The smallest absolute Gasteiger partial charge is 0.272 e. The van der Waals surface area contributed by atoms with Crippen molar-refractivity contribution in [2.24, 2.45) is 5.73 Å². The first-order valence-corrected chi connectivity index (χ1v) is 13.8. The third kappa shape index (κ3) is 8.29. The summed E-state index contributed by atoms with van der Waals surface area (Å²) in [6.07, 6.45) is 1.18. The van der Waals surface area contributed by atoms with Crippen LogP contribution in [0.15, 0.2) is 108 Å². The maximum absolute atomic E-state index is 14.5. The second-order valence-corrected chi connectivity index (χ2v) is 10.2. The Labute approximate surface area is 250 Å². The summed E-state index contributed by atoms with van der Waals surface area (Å²) in [6.45, 7) is 0. The lowest BCUT2D eigenvalue weighted by Crippen LogP contribution is -2.30. The Balaban J connectivity index is 1.41. The number of nitrogens with one attached hydrogen (secondary N) is 3. The minimum Gasteiger partial charge on any atom is -0.366 e. The van der Waals surface area contributed by atoms with E-state index in [2.05, 4.69) is 16.0 Å². The summed E-state index contributed by atoms with van der Waals surface area (Å²) in [4.78, 5) is 50.2. The standard InChI is InChI=1S/C31H24ClFN4O4S/c32-25-7-4-8-26(33)24(25)17-27(37-30(40)20-5-2-1-3-6-20)31(41)36-22-13-15-23(16-14-22)42-18-28(38)35-21-11-9-19(10-12-21)29(34)39/h1-17H,18H2,(H2,34,39)(H,35,38)(H,36,41)(H,37,40)/b27-17-. The highest BCUT2D eigenvalue weighted by atomic mass is 35.5. The Morgan fingerprint density at radius 3 is 2.07 bits per heavy atom. The van der Waals surface area contributed by atoms with Crippen molar-refractivity contribution in [3.63, 3.8) is 0 Å². The highest BCUT2D eigenvalue weighted by Gasteiger charge is 2.17. The van der Waals surface area contributed by atoms with Gasteiger partial charge in [-0.15, -0.1) is 11.8 Å². The molecule has 212 valence electrons. The van der Waals surface area contributed by atoms with E-state index in [1.165, 1.54) is 48.2 Å². The molecule has 4 rings (SSSR count). The summed E-state index contributed by atoms with van der Waals surface area (Å²) in [5, 5.41) is 8.04. The average Bonchev–Trinajstić information content (AvgIpc) is 2.98. The zero-order chi connectivity index (χ0) is 30.1. The molecule has 0 saturated carbocycles. The summed E-state index contributed by atoms with van der Waals surface area (Å²) in [5.41, 5.74) is 6.54. The van der Waals surface area contributed by atoms with E-state index in [0.717, 1.165) is 4.90 Å². The van der Waals surface area contributed by atoms with Gasteiger partial charge in [0.1, 0.15) is 11.5 Å². The van der Waals surface area contributed by atoms with Crippen molar-refractivity contribution in [1.29, 1.82) is 0 Å². The fraction of sp³-hybridized carbons (Fsp3) is 0.0323. The van der Waals surface area contributed by atoms with Gasteiger partial charge in [-0.05, 0) is 78.9 Å². The molecule has 42 heavy (non-hydrogen) atoms. The van der Waals surface area contributed by atoms with Gasteiger partial charge in [0, 0.05) is 33.0 Å². The minimum absolute atomic E-state index is 0.0495. The van der Waals surface area contributed by atoms with Crippen molar-refractivity contribution in [2.45, 2.75) is 4.90 Å². The molecule has 4 amide bonds. The Morgan fingerprint density at radius 2 is 1.43 bits per heavy atom. The predicted molar refractivity (Wildman–Crippen MR) is 163 cm³/mol. The van der Waals surface area contributed by atoms with Crippen LogP contribution in [0.2, 0.25) is 5.02 Å². The van der Waals surface area contributed by atoms with Crippen LogP contribution in [0, 0.1) is 5.82 Å². The van der Waals surface area contributed by atoms with Crippen LogP contribution in [0.4, 0.5) is 15.8 Å². The Kier molecular flexibility index (Phi) is 10.1. The lowest BCUT2D eigenvalue weighted by molar-refractivity contribution is -0.114. The molecule has 0 unspecified atom stereocenters. The second-order valence-electron chi connectivity index (χ2n) is 8.77. The number of amides is 4. The number of hydrogen-bond acceptors (Lipinski definition) is 5. The fourth-order valence-electron chi connectivity index (χ4n) is 3.63. The van der Waals surface area contributed by atoms with E-state index in [4.69, 9.17) is 17.3 Å². The first-order valence-electron chi connectivity index (χ1n) is 12.5. The first kappa shape index (κ1) is 30.0. The lowest BCUT2D eigenvalue weighted by atomic mass is 10.1. The van der Waals surface area contributed by atoms with Gasteiger partial charge in [-0.25, -0.2) is 4.39 Å². The summed E-state index contributed by atoms with van der Waals surface area (Å²) < 4.78 is 14.5. The van der Waals surface area contributed by atoms with E-state index in [-0.39, 0.29) is 27.9 Å². The van der Waals surface area contributed by atoms with E-state index < -0.39 is 23.5 Å². The number of anilines is 2. The van der Waals surface area contributed by atoms with Crippen LogP contribution in [0.3, 0.4) is 0 Å². The van der Waals surface area contributed by atoms with Crippen LogP contribution < -0.4 is 21.7 Å². The predicted octanol–water partition coefficient (Wildman–Crippen LogP) is 5.72. The molecule has 0 heterocycles. The summed E-state index contributed by atoms with van der Waals surface area (Å²) >= 11 is 7.42. The van der Waals surface area contributed by atoms with Gasteiger partial charge in [-0.1, -0.05) is 35.9 Å². The second kappa shape index (κ2) is 14.1. The first-order chi connectivity index (χ1) is 20.2. The minimum atomic E-state index is -0.694. The van der Waals surface area contributed by atoms with Crippen LogP contribution in [-0.4, -0.2) is 29.4 Å². The van der Waals surface area contributed by atoms with Gasteiger partial charge >= 0.3 is 0 Å². The molecular formula is C31H24ClFN4O4S. The van der Waals surface area contributed by atoms with Crippen molar-refractivity contribution in [3.8, 4) is 0 Å². The van der Waals surface area contributed by atoms with E-state index >= 15 is 0 Å². The van der Waals surface area contributed by atoms with Crippen LogP contribution in [0.25, 0.3) is 6.08 Å². The summed E-state index contributed by atoms with van der Waals surface area (Å²) in [5.74, 6) is -2.60. The monoisotopic (exact) mass is 602 g/mol. The van der Waals surface area contributed by atoms with Crippen molar-refractivity contribution < 1.29 is 23.6 Å². The SMILES string of the molecule is NC(=O)c1ccc(NC(=O)CSc2ccc(NC(=O)/C(=C/c3c(F)cccc3Cl)NC(=O)c3ccccc3)cc2)cc1. The number of primary amides is 1. The molecule has 0 fully saturated rings. The molecule has 4 aromatic carbocycles. The van der Waals surface area contributed by atoms with E-state index in [9.17, 15) is 23.6 Å². The quantitative estimate of drug-likeness (QED) is 0.136. The topological polar surface area (TPSA) is 130 Å². The third-order valence-corrected chi connectivity index (χ3v) is 7.09. The maximum Gasteiger partial charge on any atom is 0.272 e. The molecule has 0 aliphatic heterocycles. The van der Waals surface area contributed by atoms with Crippen molar-refractivity contribution >= 4 is 64.4 Å².